The Morgan fingerprint density at radius 1 is 1.08 bits per heavy atom. The van der Waals surface area contributed by atoms with Crippen LogP contribution >= 0.6 is 0 Å². The molecule has 8 nitrogen and oxygen atoms in total. The zero-order valence-electron chi connectivity index (χ0n) is 23.3. The highest BCUT2D eigenvalue weighted by molar-refractivity contribution is 6.08. The first-order chi connectivity index (χ1) is 17.4. The molecule has 4 N–H and O–H groups in total. The summed E-state index contributed by atoms with van der Waals surface area (Å²) >= 11 is 0. The quantitative estimate of drug-likeness (QED) is 0.383. The third-order valence-electron chi connectivity index (χ3n) is 11.3. The fourth-order valence-electron chi connectivity index (χ4n) is 8.72. The van der Waals surface area contributed by atoms with Crippen molar-refractivity contribution < 1.29 is 39.6 Å². The van der Waals surface area contributed by atoms with Crippen molar-refractivity contribution in [2.45, 2.75) is 98.4 Å². The normalized spacial score (nSPS) is 42.7. The number of carbonyl (C=O) groups is 4. The highest BCUT2D eigenvalue weighted by Crippen LogP contribution is 2.70. The predicted molar refractivity (Wildman–Crippen MR) is 139 cm³/mol. The van der Waals surface area contributed by atoms with Crippen LogP contribution in [0.3, 0.4) is 0 Å². The SMILES string of the molecule is C=C(CC(=O)CC(C)C(=O)O)[C@H]1CC(=O)[C@@]2(C)C3=C(C(=O)[C@@H](O)[C@]12C)[C@@]1(C)CC[C@H](O)C(C)(C)[C@@H]1C[C@@H]3O. The van der Waals surface area contributed by atoms with Crippen molar-refractivity contribution in [1.82, 2.24) is 0 Å². The lowest BCUT2D eigenvalue weighted by Gasteiger charge is -2.62. The number of Topliss-reactive ketones (excluding diaryl/α,β-unsaturated/α-hetero) is 3. The number of hydrogen-bond donors (Lipinski definition) is 4. The van der Waals surface area contributed by atoms with Crippen LogP contribution in [-0.4, -0.2) is 62.1 Å². The molecule has 1 unspecified atom stereocenters. The highest BCUT2D eigenvalue weighted by Gasteiger charge is 2.73. The fraction of sp³-hybridized carbons (Fsp3) is 0.733. The lowest BCUT2D eigenvalue weighted by atomic mass is 9.42. The first-order valence-corrected chi connectivity index (χ1v) is 13.7. The van der Waals surface area contributed by atoms with E-state index in [0.29, 0.717) is 36.0 Å². The molecule has 2 fully saturated rings. The van der Waals surface area contributed by atoms with Gasteiger partial charge in [-0.25, -0.2) is 0 Å². The molecule has 9 atom stereocenters. The minimum Gasteiger partial charge on any atom is -0.481 e. The van der Waals surface area contributed by atoms with Crippen molar-refractivity contribution in [2.75, 3.05) is 0 Å². The molecule has 2 saturated carbocycles. The molecule has 0 spiro atoms. The lowest BCUT2D eigenvalue weighted by Crippen LogP contribution is -2.64. The standard InChI is InChI=1S/C30H42O8/c1-14(10-16(31)11-15(2)26(37)38)17-12-21(34)30(7)22-18(32)13-19-27(3,4)20(33)8-9-28(19,5)23(22)24(35)25(36)29(17,30)6/h15,17-20,25,32-33,36H,1,8-13H2,2-7H3,(H,37,38)/t15?,17-,18+,19+,20+,25-,28+,29+,30+/m1/s1. The Hall–Kier alpha value is -2.16. The Morgan fingerprint density at radius 3 is 2.26 bits per heavy atom. The van der Waals surface area contributed by atoms with Crippen LogP contribution in [0.25, 0.3) is 0 Å². The molecule has 0 heterocycles. The smallest absolute Gasteiger partial charge is 0.306 e. The van der Waals surface area contributed by atoms with Gasteiger partial charge in [0, 0.05) is 30.3 Å². The molecule has 0 amide bonds. The van der Waals surface area contributed by atoms with Gasteiger partial charge in [-0.05, 0) is 54.4 Å². The first-order valence-electron chi connectivity index (χ1n) is 13.7. The molecular weight excluding hydrogens is 488 g/mol. The minimum atomic E-state index is -1.55. The second-order valence-corrected chi connectivity index (χ2v) is 13.6. The number of carboxylic acid groups (broad SMARTS) is 1. The van der Waals surface area contributed by atoms with Gasteiger partial charge < -0.3 is 20.4 Å². The van der Waals surface area contributed by atoms with Crippen LogP contribution in [0.2, 0.25) is 0 Å². The number of fused-ring (bicyclic) bond motifs is 4. The maximum Gasteiger partial charge on any atom is 0.306 e. The van der Waals surface area contributed by atoms with Gasteiger partial charge in [0.25, 0.3) is 0 Å². The lowest BCUT2D eigenvalue weighted by molar-refractivity contribution is -0.157. The van der Waals surface area contributed by atoms with E-state index in [2.05, 4.69) is 6.58 Å². The van der Waals surface area contributed by atoms with Crippen LogP contribution in [0.4, 0.5) is 0 Å². The van der Waals surface area contributed by atoms with Gasteiger partial charge in [0.05, 0.1) is 23.5 Å². The molecule has 210 valence electrons. The van der Waals surface area contributed by atoms with Crippen molar-refractivity contribution >= 4 is 23.3 Å². The maximum atomic E-state index is 14.1. The van der Waals surface area contributed by atoms with Crippen molar-refractivity contribution in [1.29, 1.82) is 0 Å². The molecule has 4 aliphatic rings. The topological polar surface area (TPSA) is 149 Å². The summed E-state index contributed by atoms with van der Waals surface area (Å²) in [5.41, 5.74) is -2.88. The number of hydrogen-bond acceptors (Lipinski definition) is 7. The molecule has 4 aliphatic carbocycles. The number of carbonyl (C=O) groups excluding carboxylic acids is 3. The van der Waals surface area contributed by atoms with Gasteiger partial charge in [-0.2, -0.15) is 0 Å². The van der Waals surface area contributed by atoms with Gasteiger partial charge in [-0.1, -0.05) is 46.8 Å². The average molecular weight is 531 g/mol. The summed E-state index contributed by atoms with van der Waals surface area (Å²) in [4.78, 5) is 51.9. The minimum absolute atomic E-state index is 0.0359. The molecule has 0 bridgehead atoms. The molecule has 0 radical (unpaired) electrons. The molecule has 4 rings (SSSR count). The van der Waals surface area contributed by atoms with Crippen LogP contribution in [0.1, 0.15) is 80.1 Å². The molecule has 0 aromatic heterocycles. The maximum absolute atomic E-state index is 14.1. The average Bonchev–Trinajstić information content (AvgIpc) is 3.03. The number of rotatable bonds is 6. The summed E-state index contributed by atoms with van der Waals surface area (Å²) in [7, 11) is 0. The molecule has 0 aromatic rings. The number of ketones is 3. The van der Waals surface area contributed by atoms with Gasteiger partial charge in [0.2, 0.25) is 0 Å². The third-order valence-corrected chi connectivity index (χ3v) is 11.3. The summed E-state index contributed by atoms with van der Waals surface area (Å²) in [6.07, 6.45) is -2.35. The summed E-state index contributed by atoms with van der Waals surface area (Å²) in [5.74, 6) is -3.91. The monoisotopic (exact) mass is 530 g/mol. The van der Waals surface area contributed by atoms with E-state index in [-0.39, 0.29) is 36.7 Å². The van der Waals surface area contributed by atoms with E-state index in [1.807, 2.05) is 20.8 Å². The largest absolute Gasteiger partial charge is 0.481 e. The van der Waals surface area contributed by atoms with E-state index in [1.165, 1.54) is 6.92 Å². The zero-order valence-corrected chi connectivity index (χ0v) is 23.3. The van der Waals surface area contributed by atoms with Gasteiger partial charge in [0.1, 0.15) is 17.7 Å². The summed E-state index contributed by atoms with van der Waals surface area (Å²) in [5, 5.41) is 43.2. The Morgan fingerprint density at radius 2 is 1.68 bits per heavy atom. The number of allylic oxidation sites excluding steroid dienone is 1. The summed E-state index contributed by atoms with van der Waals surface area (Å²) < 4.78 is 0. The molecule has 0 saturated heterocycles. The van der Waals surface area contributed by atoms with Gasteiger partial charge in [-0.3, -0.25) is 19.2 Å². The second-order valence-electron chi connectivity index (χ2n) is 13.6. The van der Waals surface area contributed by atoms with Gasteiger partial charge in [0.15, 0.2) is 5.78 Å². The van der Waals surface area contributed by atoms with E-state index in [9.17, 15) is 34.5 Å². The van der Waals surface area contributed by atoms with E-state index >= 15 is 0 Å². The Kier molecular flexibility index (Phi) is 6.78. The van der Waals surface area contributed by atoms with Crippen molar-refractivity contribution in [3.8, 4) is 0 Å². The Balaban J connectivity index is 1.80. The predicted octanol–water partition coefficient (Wildman–Crippen LogP) is 3.02. The van der Waals surface area contributed by atoms with Gasteiger partial charge >= 0.3 is 5.97 Å². The van der Waals surface area contributed by atoms with Crippen molar-refractivity contribution in [2.24, 2.45) is 39.4 Å². The second kappa shape index (κ2) is 8.93. The van der Waals surface area contributed by atoms with Crippen LogP contribution in [0, 0.1) is 39.4 Å². The van der Waals surface area contributed by atoms with E-state index in [0.717, 1.165) is 0 Å². The van der Waals surface area contributed by atoms with Crippen LogP contribution in [0.5, 0.6) is 0 Å². The van der Waals surface area contributed by atoms with Crippen molar-refractivity contribution in [3.05, 3.63) is 23.3 Å². The molecular formula is C30H42O8. The van der Waals surface area contributed by atoms with Gasteiger partial charge in [-0.15, -0.1) is 0 Å². The Labute approximate surface area is 224 Å². The number of aliphatic carboxylic acids is 1. The van der Waals surface area contributed by atoms with Crippen LogP contribution in [0.15, 0.2) is 23.3 Å². The first kappa shape index (κ1) is 28.8. The summed E-state index contributed by atoms with van der Waals surface area (Å²) in [6.45, 7) is 14.7. The van der Waals surface area contributed by atoms with Crippen LogP contribution in [-0.2, 0) is 19.2 Å². The molecule has 0 aliphatic heterocycles. The highest BCUT2D eigenvalue weighted by atomic mass is 16.4. The Bertz CT molecular complexity index is 1150. The fourth-order valence-corrected chi connectivity index (χ4v) is 8.72. The number of aliphatic hydroxyl groups is 3. The van der Waals surface area contributed by atoms with Crippen LogP contribution < -0.4 is 0 Å². The molecule has 0 aromatic carbocycles. The zero-order chi connectivity index (χ0) is 28.7. The molecule has 38 heavy (non-hydrogen) atoms. The van der Waals surface area contributed by atoms with E-state index in [4.69, 9.17) is 5.11 Å². The van der Waals surface area contributed by atoms with E-state index < -0.39 is 63.6 Å². The summed E-state index contributed by atoms with van der Waals surface area (Å²) in [6, 6.07) is 0. The number of carboxylic acids is 1. The third kappa shape index (κ3) is 3.59. The molecule has 8 heteroatoms. The number of aliphatic hydroxyl groups excluding tert-OH is 3. The van der Waals surface area contributed by atoms with Crippen molar-refractivity contribution in [3.63, 3.8) is 0 Å². The van der Waals surface area contributed by atoms with E-state index in [1.54, 1.807) is 13.8 Å².